The van der Waals surface area contributed by atoms with Crippen molar-refractivity contribution in [3.63, 3.8) is 0 Å². The van der Waals surface area contributed by atoms with E-state index >= 15 is 0 Å². The van der Waals surface area contributed by atoms with Crippen molar-refractivity contribution in [3.05, 3.63) is 45.7 Å². The molecule has 0 aliphatic carbocycles. The van der Waals surface area contributed by atoms with Crippen molar-refractivity contribution < 1.29 is 4.79 Å². The van der Waals surface area contributed by atoms with E-state index in [9.17, 15) is 4.79 Å². The van der Waals surface area contributed by atoms with Gasteiger partial charge in [-0.2, -0.15) is 0 Å². The molecule has 0 N–H and O–H groups in total. The monoisotopic (exact) mass is 358 g/mol. The van der Waals surface area contributed by atoms with Crippen molar-refractivity contribution in [1.82, 2.24) is 19.8 Å². The summed E-state index contributed by atoms with van der Waals surface area (Å²) in [5.74, 6) is 0.771. The molecule has 25 heavy (non-hydrogen) atoms. The van der Waals surface area contributed by atoms with Crippen LogP contribution in [0.3, 0.4) is 0 Å². The van der Waals surface area contributed by atoms with Crippen LogP contribution in [0.2, 0.25) is 0 Å². The van der Waals surface area contributed by atoms with Gasteiger partial charge in [0, 0.05) is 42.9 Å². The van der Waals surface area contributed by atoms with E-state index in [1.54, 1.807) is 11.3 Å². The zero-order valence-corrected chi connectivity index (χ0v) is 16.1. The summed E-state index contributed by atoms with van der Waals surface area (Å²) in [6.07, 6.45) is 3.35. The number of carbonyl (C=O) groups is 1. The second-order valence-corrected chi connectivity index (χ2v) is 7.98. The lowest BCUT2D eigenvalue weighted by molar-refractivity contribution is -0.129. The first-order valence-electron chi connectivity index (χ1n) is 8.78. The summed E-state index contributed by atoms with van der Waals surface area (Å²) in [4.78, 5) is 26.8. The van der Waals surface area contributed by atoms with Gasteiger partial charge in [0.1, 0.15) is 0 Å². The molecule has 2 aromatic heterocycles. The molecule has 5 nitrogen and oxygen atoms in total. The number of pyridine rings is 1. The number of thiazole rings is 1. The fourth-order valence-corrected chi connectivity index (χ4v) is 4.18. The summed E-state index contributed by atoms with van der Waals surface area (Å²) in [6.45, 7) is 7.72. The van der Waals surface area contributed by atoms with Crippen molar-refractivity contribution >= 4 is 17.2 Å². The Bertz CT molecular complexity index is 712. The van der Waals surface area contributed by atoms with Crippen molar-refractivity contribution in [2.24, 2.45) is 5.92 Å². The van der Waals surface area contributed by atoms with Crippen LogP contribution in [0.5, 0.6) is 0 Å². The molecule has 6 heteroatoms. The van der Waals surface area contributed by atoms with Gasteiger partial charge in [-0.05, 0) is 44.9 Å². The molecule has 3 heterocycles. The average molecular weight is 359 g/mol. The van der Waals surface area contributed by atoms with Crippen LogP contribution < -0.4 is 0 Å². The molecule has 0 bridgehead atoms. The second kappa shape index (κ2) is 8.06. The van der Waals surface area contributed by atoms with E-state index < -0.39 is 0 Å². The van der Waals surface area contributed by atoms with E-state index in [1.807, 2.05) is 35.7 Å². The van der Waals surface area contributed by atoms with Gasteiger partial charge < -0.3 is 9.80 Å². The average Bonchev–Trinajstić information content (AvgIpc) is 3.19. The summed E-state index contributed by atoms with van der Waals surface area (Å²) < 4.78 is 0. The van der Waals surface area contributed by atoms with E-state index in [1.165, 1.54) is 4.88 Å². The number of aromatic nitrogens is 2. The molecule has 0 saturated carbocycles. The molecule has 1 aliphatic heterocycles. The maximum Gasteiger partial charge on any atom is 0.227 e. The van der Waals surface area contributed by atoms with Crippen molar-refractivity contribution in [2.45, 2.75) is 33.2 Å². The number of aryl methyl sites for hydroxylation is 2. The van der Waals surface area contributed by atoms with Gasteiger partial charge in [0.2, 0.25) is 5.91 Å². The maximum atomic E-state index is 12.5. The molecule has 1 saturated heterocycles. The molecule has 3 rings (SSSR count). The Morgan fingerprint density at radius 2 is 2.20 bits per heavy atom. The lowest BCUT2D eigenvalue weighted by atomic mass is 10.1. The van der Waals surface area contributed by atoms with Gasteiger partial charge in [-0.25, -0.2) is 4.98 Å². The van der Waals surface area contributed by atoms with Gasteiger partial charge in [-0.15, -0.1) is 11.3 Å². The Hall–Kier alpha value is -1.79. The number of carbonyl (C=O) groups excluding carboxylic acids is 1. The minimum Gasteiger partial charge on any atom is -0.342 e. The fourth-order valence-electron chi connectivity index (χ4n) is 3.33. The van der Waals surface area contributed by atoms with E-state index in [4.69, 9.17) is 0 Å². The minimum atomic E-state index is 0.217. The summed E-state index contributed by atoms with van der Waals surface area (Å²) in [6, 6.07) is 3.96. The molecular formula is C19H26N4OS. The molecule has 2 aromatic rings. The highest BCUT2D eigenvalue weighted by Gasteiger charge is 2.27. The first-order chi connectivity index (χ1) is 12.0. The number of nitrogens with zero attached hydrogens (tertiary/aromatic N) is 4. The largest absolute Gasteiger partial charge is 0.342 e. The third kappa shape index (κ3) is 4.86. The van der Waals surface area contributed by atoms with Crippen molar-refractivity contribution in [2.75, 3.05) is 26.7 Å². The van der Waals surface area contributed by atoms with Gasteiger partial charge in [0.25, 0.3) is 0 Å². The van der Waals surface area contributed by atoms with Crippen LogP contribution in [0, 0.1) is 19.8 Å². The van der Waals surface area contributed by atoms with E-state index in [0.717, 1.165) is 49.6 Å². The highest BCUT2D eigenvalue weighted by Crippen LogP contribution is 2.20. The Balaban J connectivity index is 1.47. The number of likely N-dealkylation sites (tertiary alicyclic amines) is 1. The Kier molecular flexibility index (Phi) is 5.81. The molecule has 1 amide bonds. The maximum absolute atomic E-state index is 12.5. The van der Waals surface area contributed by atoms with Crippen LogP contribution >= 0.6 is 11.3 Å². The highest BCUT2D eigenvalue weighted by atomic mass is 32.1. The molecule has 1 atom stereocenters. The Labute approximate surface area is 153 Å². The quantitative estimate of drug-likeness (QED) is 0.797. The standard InChI is InChI=1S/C19H26N4OS/c1-14-4-5-16(9-20-14)8-19(24)23-7-6-17(11-23)10-22(3)12-18-15(2)21-13-25-18/h4-5,9,13,17H,6-8,10-12H2,1-3H3. The molecule has 0 radical (unpaired) electrons. The van der Waals surface area contributed by atoms with Gasteiger partial charge in [-0.3, -0.25) is 9.78 Å². The smallest absolute Gasteiger partial charge is 0.227 e. The lowest BCUT2D eigenvalue weighted by Gasteiger charge is -2.21. The predicted octanol–water partition coefficient (Wildman–Crippen LogP) is 2.68. The molecular weight excluding hydrogens is 332 g/mol. The van der Waals surface area contributed by atoms with Gasteiger partial charge in [0.15, 0.2) is 0 Å². The molecule has 0 aromatic carbocycles. The number of amides is 1. The second-order valence-electron chi connectivity index (χ2n) is 7.04. The normalized spacial score (nSPS) is 17.4. The Morgan fingerprint density at radius 3 is 2.88 bits per heavy atom. The minimum absolute atomic E-state index is 0.217. The number of hydrogen-bond donors (Lipinski definition) is 0. The number of hydrogen-bond acceptors (Lipinski definition) is 5. The fraction of sp³-hybridized carbons (Fsp3) is 0.526. The van der Waals surface area contributed by atoms with Crippen molar-refractivity contribution in [1.29, 1.82) is 0 Å². The topological polar surface area (TPSA) is 49.3 Å². The molecule has 1 unspecified atom stereocenters. The molecule has 134 valence electrons. The van der Waals surface area contributed by atoms with Crippen LogP contribution in [-0.2, 0) is 17.8 Å². The zero-order chi connectivity index (χ0) is 17.8. The number of rotatable bonds is 6. The SMILES string of the molecule is Cc1ccc(CC(=O)N2CCC(CN(C)Cc3scnc3C)C2)cn1. The summed E-state index contributed by atoms with van der Waals surface area (Å²) in [5.41, 5.74) is 5.02. The van der Waals surface area contributed by atoms with Crippen LogP contribution in [-0.4, -0.2) is 52.4 Å². The lowest BCUT2D eigenvalue weighted by Crippen LogP contribution is -2.32. The third-order valence-corrected chi connectivity index (χ3v) is 5.71. The molecule has 1 aliphatic rings. The summed E-state index contributed by atoms with van der Waals surface area (Å²) in [5, 5.41) is 0. The van der Waals surface area contributed by atoms with Gasteiger partial charge in [-0.1, -0.05) is 6.07 Å². The van der Waals surface area contributed by atoms with Gasteiger partial charge >= 0.3 is 0 Å². The molecule has 0 spiro atoms. The van der Waals surface area contributed by atoms with Crippen LogP contribution in [0.1, 0.15) is 28.2 Å². The van der Waals surface area contributed by atoms with Crippen LogP contribution in [0.25, 0.3) is 0 Å². The summed E-state index contributed by atoms with van der Waals surface area (Å²) in [7, 11) is 2.15. The molecule has 1 fully saturated rings. The van der Waals surface area contributed by atoms with Gasteiger partial charge in [0.05, 0.1) is 17.6 Å². The third-order valence-electron chi connectivity index (χ3n) is 4.79. The van der Waals surface area contributed by atoms with E-state index in [0.29, 0.717) is 12.3 Å². The summed E-state index contributed by atoms with van der Waals surface area (Å²) >= 11 is 1.72. The van der Waals surface area contributed by atoms with Crippen LogP contribution in [0.4, 0.5) is 0 Å². The zero-order valence-electron chi connectivity index (χ0n) is 15.2. The highest BCUT2D eigenvalue weighted by molar-refractivity contribution is 7.09. The van der Waals surface area contributed by atoms with Crippen molar-refractivity contribution in [3.8, 4) is 0 Å². The van der Waals surface area contributed by atoms with E-state index in [2.05, 4.69) is 28.8 Å². The Morgan fingerprint density at radius 1 is 1.36 bits per heavy atom. The van der Waals surface area contributed by atoms with E-state index in [-0.39, 0.29) is 5.91 Å². The predicted molar refractivity (Wildman–Crippen MR) is 101 cm³/mol. The first-order valence-corrected chi connectivity index (χ1v) is 9.66. The first kappa shape index (κ1) is 18.0. The van der Waals surface area contributed by atoms with Crippen LogP contribution in [0.15, 0.2) is 23.8 Å².